The van der Waals surface area contributed by atoms with E-state index in [1.807, 2.05) is 6.92 Å². The molecule has 1 N–H and O–H groups in total. The molecule has 1 aromatic rings. The Balaban J connectivity index is 2.16. The van der Waals surface area contributed by atoms with Gasteiger partial charge in [0.15, 0.2) is 0 Å². The van der Waals surface area contributed by atoms with Gasteiger partial charge in [-0.3, -0.25) is 0 Å². The molecular weight excluding hydrogens is 296 g/mol. The number of rotatable bonds is 5. The van der Waals surface area contributed by atoms with Gasteiger partial charge in [-0.2, -0.15) is 4.31 Å². The maximum absolute atomic E-state index is 12.6. The van der Waals surface area contributed by atoms with Crippen LogP contribution in [0.2, 0.25) is 5.02 Å². The molecule has 0 aliphatic carbocycles. The van der Waals surface area contributed by atoms with Crippen molar-refractivity contribution in [3.8, 4) is 0 Å². The molecule has 1 fully saturated rings. The van der Waals surface area contributed by atoms with Gasteiger partial charge >= 0.3 is 0 Å². The Labute approximate surface area is 126 Å². The topological polar surface area (TPSA) is 49.4 Å². The van der Waals surface area contributed by atoms with E-state index < -0.39 is 10.0 Å². The summed E-state index contributed by atoms with van der Waals surface area (Å²) < 4.78 is 26.8. The Hall–Kier alpha value is -0.620. The summed E-state index contributed by atoms with van der Waals surface area (Å²) in [5, 5.41) is 3.75. The average Bonchev–Trinajstić information content (AvgIpc) is 2.45. The standard InChI is InChI=1S/C14H21ClN2O2S/c1-2-17(11-12-6-8-16-9-7-12)20(18,19)14-5-3-4-13(15)10-14/h3-5,10,12,16H,2,6-9,11H2,1H3. The second-order valence-corrected chi connectivity index (χ2v) is 7.48. The third-order valence-electron chi connectivity index (χ3n) is 3.71. The van der Waals surface area contributed by atoms with Gasteiger partial charge in [-0.25, -0.2) is 8.42 Å². The van der Waals surface area contributed by atoms with Crippen LogP contribution in [0.25, 0.3) is 0 Å². The molecule has 0 saturated carbocycles. The first-order valence-corrected chi connectivity index (χ1v) is 8.82. The molecule has 0 atom stereocenters. The average molecular weight is 317 g/mol. The van der Waals surface area contributed by atoms with Crippen LogP contribution in [0.5, 0.6) is 0 Å². The van der Waals surface area contributed by atoms with Crippen molar-refractivity contribution >= 4 is 21.6 Å². The molecule has 1 saturated heterocycles. The summed E-state index contributed by atoms with van der Waals surface area (Å²) >= 11 is 5.90. The Bertz CT molecular complexity index is 542. The molecule has 0 radical (unpaired) electrons. The minimum absolute atomic E-state index is 0.279. The van der Waals surface area contributed by atoms with Crippen molar-refractivity contribution in [1.29, 1.82) is 0 Å². The van der Waals surface area contributed by atoms with Gasteiger partial charge in [0, 0.05) is 18.1 Å². The summed E-state index contributed by atoms with van der Waals surface area (Å²) in [5.74, 6) is 0.435. The lowest BCUT2D eigenvalue weighted by Gasteiger charge is -2.28. The molecule has 1 aliphatic rings. The van der Waals surface area contributed by atoms with E-state index in [9.17, 15) is 8.42 Å². The Morgan fingerprint density at radius 1 is 1.35 bits per heavy atom. The van der Waals surface area contributed by atoms with Crippen molar-refractivity contribution < 1.29 is 8.42 Å². The fraction of sp³-hybridized carbons (Fsp3) is 0.571. The van der Waals surface area contributed by atoms with Gasteiger partial charge in [-0.05, 0) is 50.0 Å². The largest absolute Gasteiger partial charge is 0.317 e. The number of halogens is 1. The number of sulfonamides is 1. The Morgan fingerprint density at radius 2 is 2.05 bits per heavy atom. The maximum Gasteiger partial charge on any atom is 0.243 e. The lowest BCUT2D eigenvalue weighted by molar-refractivity contribution is 0.294. The van der Waals surface area contributed by atoms with Gasteiger partial charge in [0.05, 0.1) is 4.90 Å². The predicted octanol–water partition coefficient (Wildman–Crippen LogP) is 2.35. The molecule has 1 aliphatic heterocycles. The van der Waals surface area contributed by atoms with Crippen molar-refractivity contribution in [3.63, 3.8) is 0 Å². The minimum Gasteiger partial charge on any atom is -0.317 e. The van der Waals surface area contributed by atoms with Crippen LogP contribution in [-0.4, -0.2) is 38.9 Å². The van der Waals surface area contributed by atoms with Crippen molar-refractivity contribution in [3.05, 3.63) is 29.3 Å². The van der Waals surface area contributed by atoms with Gasteiger partial charge < -0.3 is 5.32 Å². The summed E-state index contributed by atoms with van der Waals surface area (Å²) in [7, 11) is -3.44. The fourth-order valence-electron chi connectivity index (χ4n) is 2.53. The van der Waals surface area contributed by atoms with Gasteiger partial charge in [0.25, 0.3) is 0 Å². The van der Waals surface area contributed by atoms with E-state index in [1.54, 1.807) is 22.5 Å². The highest BCUT2D eigenvalue weighted by Crippen LogP contribution is 2.22. The van der Waals surface area contributed by atoms with Crippen LogP contribution in [0.1, 0.15) is 19.8 Å². The molecule has 0 amide bonds. The second-order valence-electron chi connectivity index (χ2n) is 5.11. The summed E-state index contributed by atoms with van der Waals surface area (Å²) in [5.41, 5.74) is 0. The number of piperidine rings is 1. The lowest BCUT2D eigenvalue weighted by Crippen LogP contribution is -2.39. The third kappa shape index (κ3) is 3.73. The zero-order valence-corrected chi connectivity index (χ0v) is 13.3. The van der Waals surface area contributed by atoms with Gasteiger partial charge in [0.2, 0.25) is 10.0 Å². The molecule has 0 spiro atoms. The monoisotopic (exact) mass is 316 g/mol. The normalized spacial score (nSPS) is 17.6. The Morgan fingerprint density at radius 3 is 2.65 bits per heavy atom. The molecule has 20 heavy (non-hydrogen) atoms. The molecule has 4 nitrogen and oxygen atoms in total. The molecule has 6 heteroatoms. The van der Waals surface area contributed by atoms with E-state index in [0.717, 1.165) is 25.9 Å². The van der Waals surface area contributed by atoms with Crippen LogP contribution >= 0.6 is 11.6 Å². The van der Waals surface area contributed by atoms with Gasteiger partial charge in [-0.1, -0.05) is 24.6 Å². The summed E-state index contributed by atoms with van der Waals surface area (Å²) in [6.07, 6.45) is 2.06. The number of nitrogens with one attached hydrogen (secondary N) is 1. The number of hydrogen-bond donors (Lipinski definition) is 1. The van der Waals surface area contributed by atoms with E-state index in [0.29, 0.717) is 24.0 Å². The molecule has 112 valence electrons. The van der Waals surface area contributed by atoms with Crippen molar-refractivity contribution in [2.24, 2.45) is 5.92 Å². The highest BCUT2D eigenvalue weighted by Gasteiger charge is 2.26. The zero-order chi connectivity index (χ0) is 14.6. The highest BCUT2D eigenvalue weighted by atomic mass is 35.5. The van der Waals surface area contributed by atoms with Crippen molar-refractivity contribution in [2.45, 2.75) is 24.7 Å². The van der Waals surface area contributed by atoms with Gasteiger partial charge in [-0.15, -0.1) is 0 Å². The Kier molecular flexibility index (Phi) is 5.43. The number of nitrogens with zero attached hydrogens (tertiary/aromatic N) is 1. The van der Waals surface area contributed by atoms with E-state index in [2.05, 4.69) is 5.32 Å². The summed E-state index contributed by atoms with van der Waals surface area (Å²) in [6, 6.07) is 6.48. The molecule has 2 rings (SSSR count). The molecule has 0 aromatic heterocycles. The van der Waals surface area contributed by atoms with Crippen molar-refractivity contribution in [1.82, 2.24) is 9.62 Å². The molecule has 0 bridgehead atoms. The SMILES string of the molecule is CCN(CC1CCNCC1)S(=O)(=O)c1cccc(Cl)c1. The number of hydrogen-bond acceptors (Lipinski definition) is 3. The predicted molar refractivity (Wildman–Crippen MR) is 81.5 cm³/mol. The minimum atomic E-state index is -3.44. The van der Waals surface area contributed by atoms with Crippen LogP contribution in [0.4, 0.5) is 0 Å². The van der Waals surface area contributed by atoms with Crippen LogP contribution in [0, 0.1) is 5.92 Å². The second kappa shape index (κ2) is 6.89. The quantitative estimate of drug-likeness (QED) is 0.907. The van der Waals surface area contributed by atoms with Crippen LogP contribution < -0.4 is 5.32 Å². The lowest BCUT2D eigenvalue weighted by atomic mass is 9.98. The third-order valence-corrected chi connectivity index (χ3v) is 5.88. The zero-order valence-electron chi connectivity index (χ0n) is 11.7. The first-order chi connectivity index (χ1) is 9.54. The number of benzene rings is 1. The maximum atomic E-state index is 12.6. The smallest absolute Gasteiger partial charge is 0.243 e. The van der Waals surface area contributed by atoms with Crippen LogP contribution in [0.15, 0.2) is 29.2 Å². The van der Waals surface area contributed by atoms with E-state index >= 15 is 0 Å². The van der Waals surface area contributed by atoms with E-state index in [-0.39, 0.29) is 4.90 Å². The highest BCUT2D eigenvalue weighted by molar-refractivity contribution is 7.89. The van der Waals surface area contributed by atoms with Crippen LogP contribution in [0.3, 0.4) is 0 Å². The van der Waals surface area contributed by atoms with E-state index in [1.165, 1.54) is 6.07 Å². The van der Waals surface area contributed by atoms with Crippen molar-refractivity contribution in [2.75, 3.05) is 26.2 Å². The first-order valence-electron chi connectivity index (χ1n) is 7.00. The molecular formula is C14H21ClN2O2S. The molecule has 1 aromatic carbocycles. The van der Waals surface area contributed by atoms with Crippen LogP contribution in [-0.2, 0) is 10.0 Å². The first kappa shape index (κ1) is 15.8. The summed E-state index contributed by atoms with van der Waals surface area (Å²) in [4.78, 5) is 0.279. The van der Waals surface area contributed by atoms with E-state index in [4.69, 9.17) is 11.6 Å². The molecule has 0 unspecified atom stereocenters. The molecule has 1 heterocycles. The fourth-order valence-corrected chi connectivity index (χ4v) is 4.35. The van der Waals surface area contributed by atoms with Gasteiger partial charge in [0.1, 0.15) is 0 Å². The summed E-state index contributed by atoms with van der Waals surface area (Å²) in [6.45, 7) is 4.90.